The molecular weight excluding hydrogens is 622 g/mol. The van der Waals surface area contributed by atoms with E-state index in [0.717, 1.165) is 24.3 Å². The number of carbonyl (C=O) groups is 1. The Kier molecular flexibility index (Phi) is 8.52. The Morgan fingerprint density at radius 3 is 1.85 bits per heavy atom. The number of alkyl halides is 6. The number of benzene rings is 3. The summed E-state index contributed by atoms with van der Waals surface area (Å²) in [6.45, 7) is 0. The largest absolute Gasteiger partial charge is 0.573 e. The summed E-state index contributed by atoms with van der Waals surface area (Å²) in [7, 11) is 1.62. The zero-order valence-corrected chi connectivity index (χ0v) is 22.6. The van der Waals surface area contributed by atoms with Crippen LogP contribution in [0.3, 0.4) is 0 Å². The van der Waals surface area contributed by atoms with Crippen molar-refractivity contribution in [2.75, 3.05) is 5.32 Å². The van der Waals surface area contributed by atoms with Crippen molar-refractivity contribution in [2.24, 2.45) is 7.05 Å². The summed E-state index contributed by atoms with van der Waals surface area (Å²) in [5, 5.41) is 9.48. The van der Waals surface area contributed by atoms with E-state index in [-0.39, 0.29) is 23.4 Å². The van der Waals surface area contributed by atoms with E-state index in [2.05, 4.69) is 41.1 Å². The topological polar surface area (TPSA) is 77.4 Å². The maximum atomic E-state index is 13.4. The average molecular weight is 643 g/mol. The van der Waals surface area contributed by atoms with Crippen molar-refractivity contribution in [2.45, 2.75) is 24.7 Å². The highest BCUT2D eigenvalue weighted by Crippen LogP contribution is 2.38. The van der Waals surface area contributed by atoms with Gasteiger partial charge in [-0.25, -0.2) is 4.79 Å². The van der Waals surface area contributed by atoms with Gasteiger partial charge in [-0.1, -0.05) is 54.6 Å². The fourth-order valence-corrected chi connectivity index (χ4v) is 4.73. The lowest BCUT2D eigenvalue weighted by molar-refractivity contribution is -0.275. The van der Waals surface area contributed by atoms with Gasteiger partial charge in [0.2, 0.25) is 0 Å². The molecule has 0 radical (unpaired) electrons. The molecule has 0 spiro atoms. The Bertz CT molecular complexity index is 1450. The minimum absolute atomic E-state index is 0.0856. The molecule has 0 unspecified atom stereocenters. The van der Waals surface area contributed by atoms with Crippen LogP contribution in [0.1, 0.15) is 16.7 Å². The van der Waals surface area contributed by atoms with Crippen LogP contribution in [0.5, 0.6) is 11.5 Å². The van der Waals surface area contributed by atoms with Crippen molar-refractivity contribution < 1.29 is 40.6 Å². The van der Waals surface area contributed by atoms with Gasteiger partial charge in [-0.2, -0.15) is 5.10 Å². The van der Waals surface area contributed by atoms with Crippen LogP contribution in [0, 0.1) is 0 Å². The molecule has 1 heterocycles. The van der Waals surface area contributed by atoms with Crippen LogP contribution in [0.25, 0.3) is 0 Å². The lowest BCUT2D eigenvalue weighted by Crippen LogP contribution is -2.50. The number of hydrogen-bond donors (Lipinski definition) is 2. The number of rotatable bonds is 8. The molecule has 41 heavy (non-hydrogen) atoms. The molecule has 0 bridgehead atoms. The predicted molar refractivity (Wildman–Crippen MR) is 140 cm³/mol. The lowest BCUT2D eigenvalue weighted by Gasteiger charge is -2.37. The van der Waals surface area contributed by atoms with Crippen molar-refractivity contribution in [3.05, 3.63) is 106 Å². The number of ether oxygens (including phenoxy) is 2. The SMILES string of the molecule is Cn1cc(Br)c(NC(=O)NC(Cc2ccccc2)(c2cccc(OC(F)(F)F)c2)c2cccc(OC(F)(F)F)c2)n1. The molecule has 1 aromatic heterocycles. The molecule has 0 saturated heterocycles. The fraction of sp³-hybridized carbons (Fsp3) is 0.185. The van der Waals surface area contributed by atoms with Gasteiger partial charge in [0.25, 0.3) is 0 Å². The molecule has 216 valence electrons. The third kappa shape index (κ3) is 7.93. The molecule has 0 fully saturated rings. The van der Waals surface area contributed by atoms with Crippen molar-refractivity contribution >= 4 is 27.8 Å². The smallest absolute Gasteiger partial charge is 0.406 e. The zero-order chi connectivity index (χ0) is 29.8. The average Bonchev–Trinajstić information content (AvgIpc) is 3.18. The van der Waals surface area contributed by atoms with Crippen LogP contribution >= 0.6 is 15.9 Å². The molecule has 4 rings (SSSR count). The molecule has 2 amide bonds. The van der Waals surface area contributed by atoms with Crippen LogP contribution in [0.2, 0.25) is 0 Å². The number of carbonyl (C=O) groups excluding carboxylic acids is 1. The van der Waals surface area contributed by atoms with Gasteiger partial charge in [-0.15, -0.1) is 26.3 Å². The molecule has 0 saturated carbocycles. The summed E-state index contributed by atoms with van der Waals surface area (Å²) in [4.78, 5) is 13.4. The van der Waals surface area contributed by atoms with E-state index in [0.29, 0.717) is 10.0 Å². The number of anilines is 1. The molecule has 3 aromatic carbocycles. The van der Waals surface area contributed by atoms with Crippen LogP contribution in [0.15, 0.2) is 89.5 Å². The van der Waals surface area contributed by atoms with E-state index in [9.17, 15) is 31.1 Å². The lowest BCUT2D eigenvalue weighted by atomic mass is 9.77. The van der Waals surface area contributed by atoms with Gasteiger partial charge >= 0.3 is 18.8 Å². The number of nitrogens with one attached hydrogen (secondary N) is 2. The maximum absolute atomic E-state index is 13.4. The van der Waals surface area contributed by atoms with Gasteiger partial charge < -0.3 is 14.8 Å². The molecule has 14 heteroatoms. The molecular formula is C27H21BrF6N4O3. The van der Waals surface area contributed by atoms with Gasteiger partial charge in [0.1, 0.15) is 11.5 Å². The number of nitrogens with zero attached hydrogens (tertiary/aromatic N) is 2. The number of halogens is 7. The van der Waals surface area contributed by atoms with Gasteiger partial charge in [-0.05, 0) is 56.9 Å². The standard InChI is InChI=1S/C27H21BrF6N4O3/c1-38-16-22(28)23(37-38)35-24(39)36-25(15-17-7-3-2-4-8-17,18-9-5-11-20(13-18)40-26(29,30)31)19-10-6-12-21(14-19)41-27(32,33)34/h2-14,16H,15H2,1H3,(H2,35,36,37,39). The predicted octanol–water partition coefficient (Wildman–Crippen LogP) is 7.29. The van der Waals surface area contributed by atoms with Crippen molar-refractivity contribution in [3.8, 4) is 11.5 Å². The summed E-state index contributed by atoms with van der Waals surface area (Å²) in [6.07, 6.45) is -8.55. The van der Waals surface area contributed by atoms with E-state index in [4.69, 9.17) is 0 Å². The monoisotopic (exact) mass is 642 g/mol. The molecule has 0 aliphatic carbocycles. The van der Waals surface area contributed by atoms with Crippen LogP contribution in [-0.2, 0) is 19.0 Å². The summed E-state index contributed by atoms with van der Waals surface area (Å²) >= 11 is 3.27. The van der Waals surface area contributed by atoms with Gasteiger partial charge in [0, 0.05) is 19.7 Å². The summed E-state index contributed by atoms with van der Waals surface area (Å²) < 4.78 is 88.7. The van der Waals surface area contributed by atoms with Gasteiger partial charge in [0.05, 0.1) is 10.0 Å². The number of hydrogen-bond acceptors (Lipinski definition) is 4. The zero-order valence-electron chi connectivity index (χ0n) is 21.1. The number of aromatic nitrogens is 2. The van der Waals surface area contributed by atoms with Gasteiger partial charge in [-0.3, -0.25) is 10.00 Å². The third-order valence-electron chi connectivity index (χ3n) is 5.78. The first-order valence-corrected chi connectivity index (χ1v) is 12.6. The van der Waals surface area contributed by atoms with Gasteiger partial charge in [0.15, 0.2) is 5.82 Å². The Balaban J connectivity index is 1.90. The summed E-state index contributed by atoms with van der Waals surface area (Å²) in [6, 6.07) is 17.4. The minimum atomic E-state index is -5.02. The van der Waals surface area contributed by atoms with E-state index >= 15 is 0 Å². The molecule has 0 atom stereocenters. The Morgan fingerprint density at radius 1 is 0.854 bits per heavy atom. The van der Waals surface area contributed by atoms with Crippen LogP contribution in [-0.4, -0.2) is 28.5 Å². The van der Waals surface area contributed by atoms with Crippen LogP contribution in [0.4, 0.5) is 37.0 Å². The second-order valence-corrected chi connectivity index (χ2v) is 9.65. The first kappa shape index (κ1) is 29.8. The highest BCUT2D eigenvalue weighted by atomic mass is 79.9. The Labute approximate surface area is 238 Å². The van der Waals surface area contributed by atoms with E-state index in [1.54, 1.807) is 43.6 Å². The second kappa shape index (κ2) is 11.7. The third-order valence-corrected chi connectivity index (χ3v) is 6.36. The maximum Gasteiger partial charge on any atom is 0.573 e. The first-order valence-electron chi connectivity index (χ1n) is 11.8. The number of urea groups is 1. The normalized spacial score (nSPS) is 12.1. The van der Waals surface area contributed by atoms with E-state index in [1.165, 1.54) is 28.9 Å². The number of aryl methyl sites for hydroxylation is 1. The minimum Gasteiger partial charge on any atom is -0.406 e. The quantitative estimate of drug-likeness (QED) is 0.198. The van der Waals surface area contributed by atoms with Crippen molar-refractivity contribution in [1.29, 1.82) is 0 Å². The molecule has 0 aliphatic rings. The Hall–Kier alpha value is -4.20. The molecule has 0 aliphatic heterocycles. The van der Waals surface area contributed by atoms with Crippen molar-refractivity contribution in [3.63, 3.8) is 0 Å². The second-order valence-electron chi connectivity index (χ2n) is 8.80. The molecule has 2 N–H and O–H groups in total. The van der Waals surface area contributed by atoms with Crippen LogP contribution < -0.4 is 20.1 Å². The fourth-order valence-electron chi connectivity index (χ4n) is 4.26. The summed E-state index contributed by atoms with van der Waals surface area (Å²) in [5.74, 6) is -1.06. The molecule has 4 aromatic rings. The Morgan fingerprint density at radius 2 is 1.39 bits per heavy atom. The van der Waals surface area contributed by atoms with Crippen molar-refractivity contribution in [1.82, 2.24) is 15.1 Å². The highest BCUT2D eigenvalue weighted by Gasteiger charge is 2.39. The van der Waals surface area contributed by atoms with E-state index in [1.807, 2.05) is 0 Å². The molecule has 7 nitrogen and oxygen atoms in total. The summed E-state index contributed by atoms with van der Waals surface area (Å²) in [5.41, 5.74) is -0.955. The van der Waals surface area contributed by atoms with E-state index < -0.39 is 35.8 Å². The first-order chi connectivity index (χ1) is 19.2. The number of amides is 2. The highest BCUT2D eigenvalue weighted by molar-refractivity contribution is 9.10.